The van der Waals surface area contributed by atoms with Crippen LogP contribution in [0.2, 0.25) is 5.02 Å². The quantitative estimate of drug-likeness (QED) is 0.467. The molecule has 2 amide bonds. The molecule has 0 radical (unpaired) electrons. The second kappa shape index (κ2) is 11.2. The van der Waals surface area contributed by atoms with Gasteiger partial charge < -0.3 is 15.0 Å². The zero-order valence-corrected chi connectivity index (χ0v) is 20.2. The summed E-state index contributed by atoms with van der Waals surface area (Å²) in [6.45, 7) is 2.16. The number of carbonyl (C=O) groups excluding carboxylic acids is 3. The molecule has 2 atom stereocenters. The third kappa shape index (κ3) is 5.89. The van der Waals surface area contributed by atoms with Crippen molar-refractivity contribution >= 4 is 35.1 Å². The molecule has 0 aromatic heterocycles. The number of hydrogen-bond donors (Lipinski definition) is 1. The standard InChI is InChI=1S/C28H27ClN2O4/c1-19(28(34)31-17-9-13-21-12-5-8-16-25(21)31)35-26(32)18-24(20-10-3-2-4-11-20)30-27(33)22-14-6-7-15-23(22)29/h2-8,10-12,14-16,19,24H,9,13,17-18H2,1H3,(H,30,33)/t19-,24+/m1/s1. The molecule has 0 fully saturated rings. The van der Waals surface area contributed by atoms with E-state index in [1.165, 1.54) is 0 Å². The van der Waals surface area contributed by atoms with E-state index in [0.29, 0.717) is 17.1 Å². The van der Waals surface area contributed by atoms with Gasteiger partial charge in [-0.05, 0) is 49.1 Å². The molecule has 7 heteroatoms. The number of amides is 2. The Labute approximate surface area is 209 Å². The molecule has 4 rings (SSSR count). The van der Waals surface area contributed by atoms with Crippen LogP contribution in [0.25, 0.3) is 0 Å². The number of anilines is 1. The highest BCUT2D eigenvalue weighted by atomic mass is 35.5. The Morgan fingerprint density at radius 1 is 0.971 bits per heavy atom. The maximum Gasteiger partial charge on any atom is 0.309 e. The molecule has 1 heterocycles. The van der Waals surface area contributed by atoms with Gasteiger partial charge in [-0.3, -0.25) is 14.4 Å². The Morgan fingerprint density at radius 2 is 1.66 bits per heavy atom. The van der Waals surface area contributed by atoms with E-state index in [9.17, 15) is 14.4 Å². The number of nitrogens with zero attached hydrogens (tertiary/aromatic N) is 1. The van der Waals surface area contributed by atoms with E-state index in [4.69, 9.17) is 16.3 Å². The third-order valence-corrected chi connectivity index (χ3v) is 6.36. The number of aryl methyl sites for hydroxylation is 1. The van der Waals surface area contributed by atoms with Crippen molar-refractivity contribution in [3.63, 3.8) is 0 Å². The summed E-state index contributed by atoms with van der Waals surface area (Å²) in [7, 11) is 0. The topological polar surface area (TPSA) is 75.7 Å². The van der Waals surface area contributed by atoms with Gasteiger partial charge in [0.25, 0.3) is 11.8 Å². The van der Waals surface area contributed by atoms with Crippen molar-refractivity contribution in [2.45, 2.75) is 38.3 Å². The minimum Gasteiger partial charge on any atom is -0.452 e. The number of fused-ring (bicyclic) bond motifs is 1. The highest BCUT2D eigenvalue weighted by Crippen LogP contribution is 2.28. The molecule has 6 nitrogen and oxygen atoms in total. The Balaban J connectivity index is 1.45. The fraction of sp³-hybridized carbons (Fsp3) is 0.250. The first-order valence-electron chi connectivity index (χ1n) is 11.6. The number of carbonyl (C=O) groups is 3. The van der Waals surface area contributed by atoms with Crippen LogP contribution in [-0.2, 0) is 20.7 Å². The zero-order valence-electron chi connectivity index (χ0n) is 19.4. The van der Waals surface area contributed by atoms with Gasteiger partial charge in [0.2, 0.25) is 0 Å². The highest BCUT2D eigenvalue weighted by molar-refractivity contribution is 6.33. The molecule has 1 aliphatic rings. The van der Waals surface area contributed by atoms with Crippen LogP contribution in [-0.4, -0.2) is 30.4 Å². The predicted molar refractivity (Wildman–Crippen MR) is 135 cm³/mol. The summed E-state index contributed by atoms with van der Waals surface area (Å²) in [6, 6.07) is 23.0. The monoisotopic (exact) mass is 490 g/mol. The molecule has 3 aromatic rings. The van der Waals surface area contributed by atoms with Crippen molar-refractivity contribution in [1.82, 2.24) is 5.32 Å². The number of esters is 1. The van der Waals surface area contributed by atoms with Crippen LogP contribution in [0.4, 0.5) is 5.69 Å². The normalized spacial score (nSPS) is 14.4. The average Bonchev–Trinajstić information content (AvgIpc) is 2.88. The molecule has 35 heavy (non-hydrogen) atoms. The van der Waals surface area contributed by atoms with Crippen molar-refractivity contribution in [2.24, 2.45) is 0 Å². The lowest BCUT2D eigenvalue weighted by Gasteiger charge is -2.31. The van der Waals surface area contributed by atoms with Crippen LogP contribution in [0.3, 0.4) is 0 Å². The average molecular weight is 491 g/mol. The number of ether oxygens (including phenoxy) is 1. The van der Waals surface area contributed by atoms with Crippen LogP contribution in [0, 0.1) is 0 Å². The summed E-state index contributed by atoms with van der Waals surface area (Å²) in [5, 5.41) is 3.20. The Kier molecular flexibility index (Phi) is 7.83. The summed E-state index contributed by atoms with van der Waals surface area (Å²) in [5.41, 5.74) is 3.03. The molecule has 3 aromatic carbocycles. The van der Waals surface area contributed by atoms with Crippen LogP contribution in [0.1, 0.15) is 47.3 Å². The van der Waals surface area contributed by atoms with Crippen molar-refractivity contribution in [3.8, 4) is 0 Å². The maximum atomic E-state index is 13.1. The van der Waals surface area contributed by atoms with Gasteiger partial charge in [-0.1, -0.05) is 72.3 Å². The van der Waals surface area contributed by atoms with Crippen LogP contribution in [0.15, 0.2) is 78.9 Å². The Bertz CT molecular complexity index is 1210. The van der Waals surface area contributed by atoms with Crippen LogP contribution < -0.4 is 10.2 Å². The van der Waals surface area contributed by atoms with Crippen molar-refractivity contribution in [1.29, 1.82) is 0 Å². The molecule has 1 N–H and O–H groups in total. The first-order chi connectivity index (χ1) is 16.9. The summed E-state index contributed by atoms with van der Waals surface area (Å²) < 4.78 is 5.54. The second-order valence-corrected chi connectivity index (χ2v) is 8.88. The van der Waals surface area contributed by atoms with Gasteiger partial charge in [-0.25, -0.2) is 0 Å². The molecular formula is C28H27ClN2O4. The van der Waals surface area contributed by atoms with E-state index in [1.54, 1.807) is 36.1 Å². The molecule has 0 bridgehead atoms. The van der Waals surface area contributed by atoms with E-state index in [-0.39, 0.29) is 12.3 Å². The number of hydrogen-bond acceptors (Lipinski definition) is 4. The fourth-order valence-corrected chi connectivity index (χ4v) is 4.48. The maximum absolute atomic E-state index is 13.1. The Morgan fingerprint density at radius 3 is 2.43 bits per heavy atom. The number of halogens is 1. The number of para-hydroxylation sites is 1. The predicted octanol–water partition coefficient (Wildman–Crippen LogP) is 5.11. The molecule has 0 saturated carbocycles. The van der Waals surface area contributed by atoms with Crippen molar-refractivity contribution < 1.29 is 19.1 Å². The molecule has 180 valence electrons. The first kappa shape index (κ1) is 24.5. The minimum absolute atomic E-state index is 0.131. The van der Waals surface area contributed by atoms with Gasteiger partial charge in [-0.2, -0.15) is 0 Å². The second-order valence-electron chi connectivity index (χ2n) is 8.47. The SMILES string of the molecule is C[C@@H](OC(=O)C[C@H](NC(=O)c1ccccc1Cl)c1ccccc1)C(=O)N1CCCc2ccccc21. The lowest BCUT2D eigenvalue weighted by molar-refractivity contribution is -0.154. The molecule has 0 spiro atoms. The van der Waals surface area contributed by atoms with Crippen molar-refractivity contribution in [3.05, 3.63) is 101 Å². The lowest BCUT2D eigenvalue weighted by Crippen LogP contribution is -2.43. The summed E-state index contributed by atoms with van der Waals surface area (Å²) in [5.74, 6) is -1.24. The molecule has 0 saturated heterocycles. The van der Waals surface area contributed by atoms with Crippen molar-refractivity contribution in [2.75, 3.05) is 11.4 Å². The van der Waals surface area contributed by atoms with Crippen LogP contribution >= 0.6 is 11.6 Å². The van der Waals surface area contributed by atoms with Crippen LogP contribution in [0.5, 0.6) is 0 Å². The summed E-state index contributed by atoms with van der Waals surface area (Å²) in [6.07, 6.45) is 0.685. The van der Waals surface area contributed by atoms with E-state index < -0.39 is 24.0 Å². The van der Waals surface area contributed by atoms with Gasteiger partial charge in [0, 0.05) is 12.2 Å². The lowest BCUT2D eigenvalue weighted by atomic mass is 10.0. The van der Waals surface area contributed by atoms with E-state index in [0.717, 1.165) is 29.7 Å². The molecule has 0 aliphatic carbocycles. The summed E-state index contributed by atoms with van der Waals surface area (Å²) in [4.78, 5) is 40.6. The highest BCUT2D eigenvalue weighted by Gasteiger charge is 2.29. The third-order valence-electron chi connectivity index (χ3n) is 6.03. The van der Waals surface area contributed by atoms with Gasteiger partial charge in [0.05, 0.1) is 23.0 Å². The number of rotatable bonds is 7. The van der Waals surface area contributed by atoms with E-state index in [1.807, 2.05) is 54.6 Å². The smallest absolute Gasteiger partial charge is 0.309 e. The largest absolute Gasteiger partial charge is 0.452 e. The summed E-state index contributed by atoms with van der Waals surface area (Å²) >= 11 is 6.17. The first-order valence-corrected chi connectivity index (χ1v) is 12.0. The fourth-order valence-electron chi connectivity index (χ4n) is 4.26. The number of benzene rings is 3. The van der Waals surface area contributed by atoms with E-state index >= 15 is 0 Å². The zero-order chi connectivity index (χ0) is 24.8. The van der Waals surface area contributed by atoms with Gasteiger partial charge in [0.1, 0.15) is 0 Å². The van der Waals surface area contributed by atoms with E-state index in [2.05, 4.69) is 5.32 Å². The Hall–Kier alpha value is -3.64. The molecular weight excluding hydrogens is 464 g/mol. The van der Waals surface area contributed by atoms with Gasteiger partial charge >= 0.3 is 5.97 Å². The molecule has 0 unspecified atom stereocenters. The van der Waals surface area contributed by atoms with Gasteiger partial charge in [-0.15, -0.1) is 0 Å². The minimum atomic E-state index is -0.954. The molecule has 1 aliphatic heterocycles. The number of nitrogens with one attached hydrogen (secondary N) is 1. The van der Waals surface area contributed by atoms with Gasteiger partial charge in [0.15, 0.2) is 6.10 Å².